The summed E-state index contributed by atoms with van der Waals surface area (Å²) in [6.07, 6.45) is 8.32. The summed E-state index contributed by atoms with van der Waals surface area (Å²) in [6, 6.07) is 13.3. The number of carbonyl (C=O) groups is 3. The summed E-state index contributed by atoms with van der Waals surface area (Å²) in [5.41, 5.74) is 1.17. The van der Waals surface area contributed by atoms with Crippen molar-refractivity contribution in [2.24, 2.45) is 0 Å². The zero-order valence-corrected chi connectivity index (χ0v) is 28.7. The van der Waals surface area contributed by atoms with Crippen LogP contribution in [0.1, 0.15) is 71.8 Å². The quantitative estimate of drug-likeness (QED) is 0.195. The Balaban J connectivity index is 0.000000210. The zero-order chi connectivity index (χ0) is 33.3. The minimum atomic E-state index is -1.03. The number of thioether (sulfide) groups is 1. The molecule has 2 aromatic rings. The van der Waals surface area contributed by atoms with Crippen molar-refractivity contribution in [2.75, 3.05) is 19.2 Å². The first-order valence-electron chi connectivity index (χ1n) is 16.0. The first-order chi connectivity index (χ1) is 22.0. The lowest BCUT2D eigenvalue weighted by Gasteiger charge is -2.43. The summed E-state index contributed by atoms with van der Waals surface area (Å²) in [4.78, 5) is 37.0. The molecular formula is C34H46N2O8S2. The molecule has 3 heterocycles. The molecule has 2 N–H and O–H groups in total. The van der Waals surface area contributed by atoms with Crippen molar-refractivity contribution in [2.45, 2.75) is 100 Å². The van der Waals surface area contributed by atoms with Crippen molar-refractivity contribution in [3.05, 3.63) is 54.1 Å². The molecule has 3 aliphatic rings. The number of hydrogen-bond acceptors (Lipinski definition) is 8. The molecule has 2 unspecified atom stereocenters. The van der Waals surface area contributed by atoms with Gasteiger partial charge in [0.2, 0.25) is 12.7 Å². The van der Waals surface area contributed by atoms with Gasteiger partial charge in [-0.3, -0.25) is 13.8 Å². The average molecular weight is 675 g/mol. The number of β-lactam (4-membered cyclic amide) rings is 1. The van der Waals surface area contributed by atoms with E-state index in [0.717, 1.165) is 30.1 Å². The van der Waals surface area contributed by atoms with Gasteiger partial charge in [-0.05, 0) is 56.5 Å². The minimum absolute atomic E-state index is 0.191. The van der Waals surface area contributed by atoms with E-state index >= 15 is 0 Å². The van der Waals surface area contributed by atoms with Gasteiger partial charge in [0.15, 0.2) is 18.1 Å². The Morgan fingerprint density at radius 1 is 1.09 bits per heavy atom. The number of carboxylic acids is 1. The van der Waals surface area contributed by atoms with Crippen molar-refractivity contribution in [1.29, 1.82) is 0 Å². The highest BCUT2D eigenvalue weighted by molar-refractivity contribution is 8.01. The lowest BCUT2D eigenvalue weighted by atomic mass is 9.96. The van der Waals surface area contributed by atoms with E-state index in [1.807, 2.05) is 24.3 Å². The highest BCUT2D eigenvalue weighted by Gasteiger charge is 2.64. The van der Waals surface area contributed by atoms with Crippen LogP contribution in [0.25, 0.3) is 0 Å². The zero-order valence-electron chi connectivity index (χ0n) is 27.1. The number of unbranched alkanes of at least 4 members (excludes halogenated alkanes) is 5. The summed E-state index contributed by atoms with van der Waals surface area (Å²) >= 11 is 1.39. The molecule has 2 aromatic carbocycles. The van der Waals surface area contributed by atoms with Gasteiger partial charge in [0.05, 0.1) is 0 Å². The second-order valence-electron chi connectivity index (χ2n) is 12.3. The maximum absolute atomic E-state index is 12.3. The van der Waals surface area contributed by atoms with Gasteiger partial charge in [-0.15, -0.1) is 11.8 Å². The number of carbonyl (C=O) groups excluding carboxylic acids is 2. The topological polar surface area (TPSA) is 131 Å². The van der Waals surface area contributed by atoms with Gasteiger partial charge in [0.25, 0.3) is 5.91 Å². The molecule has 46 heavy (non-hydrogen) atoms. The number of rotatable bonds is 15. The Labute approximate surface area is 278 Å². The number of aliphatic carboxylic acids is 1. The Kier molecular flexibility index (Phi) is 12.8. The largest absolute Gasteiger partial charge is 0.484 e. The van der Waals surface area contributed by atoms with Crippen LogP contribution in [-0.4, -0.2) is 78.6 Å². The lowest BCUT2D eigenvalue weighted by molar-refractivity contribution is -0.161. The van der Waals surface area contributed by atoms with Crippen LogP contribution in [-0.2, 0) is 31.6 Å². The number of nitrogens with zero attached hydrogens (tertiary/aromatic N) is 1. The van der Waals surface area contributed by atoms with Crippen LogP contribution < -0.4 is 19.5 Å². The summed E-state index contributed by atoms with van der Waals surface area (Å²) in [5, 5.41) is 11.8. The first-order valence-corrected chi connectivity index (χ1v) is 18.2. The molecule has 252 valence electrons. The third-order valence-corrected chi connectivity index (χ3v) is 11.5. The summed E-state index contributed by atoms with van der Waals surface area (Å²) in [7, 11) is -0.743. The van der Waals surface area contributed by atoms with E-state index in [2.05, 4.69) is 19.2 Å². The number of carboxylic acid groups (broad SMARTS) is 1. The molecule has 5 rings (SSSR count). The summed E-state index contributed by atoms with van der Waals surface area (Å²) in [6.45, 7) is 8.00. The Morgan fingerprint density at radius 3 is 2.50 bits per heavy atom. The summed E-state index contributed by atoms with van der Waals surface area (Å²) < 4.78 is 27.8. The van der Waals surface area contributed by atoms with Gasteiger partial charge in [-0.1, -0.05) is 70.2 Å². The van der Waals surface area contributed by atoms with Crippen LogP contribution in [0.4, 0.5) is 0 Å². The van der Waals surface area contributed by atoms with E-state index in [4.69, 9.17) is 14.2 Å². The SMILES string of the molecule is CC1(C)S[C@@H]2[C@H](NC(=O)COc3ccccc3)C(=O)N2[C@H]1C(=O)O.CCCCCCCCS(=O)C(C)Cc1ccc2c(c1)OCO2. The molecule has 10 nitrogen and oxygen atoms in total. The van der Waals surface area contributed by atoms with E-state index in [-0.39, 0.29) is 23.1 Å². The highest BCUT2D eigenvalue weighted by Crippen LogP contribution is 2.50. The van der Waals surface area contributed by atoms with Crippen molar-refractivity contribution < 1.29 is 37.9 Å². The molecule has 2 fully saturated rings. The van der Waals surface area contributed by atoms with Gasteiger partial charge in [-0.2, -0.15) is 0 Å². The molecule has 0 bridgehead atoms. The molecule has 0 radical (unpaired) electrons. The van der Waals surface area contributed by atoms with Crippen LogP contribution in [0.5, 0.6) is 17.2 Å². The van der Waals surface area contributed by atoms with Gasteiger partial charge in [-0.25, -0.2) is 4.79 Å². The Morgan fingerprint density at radius 2 is 1.78 bits per heavy atom. The fraction of sp³-hybridized carbons (Fsp3) is 0.559. The fourth-order valence-corrected chi connectivity index (χ4v) is 8.64. The van der Waals surface area contributed by atoms with E-state index < -0.39 is 39.5 Å². The van der Waals surface area contributed by atoms with Crippen LogP contribution in [0.15, 0.2) is 48.5 Å². The van der Waals surface area contributed by atoms with Crippen LogP contribution in [0.2, 0.25) is 0 Å². The van der Waals surface area contributed by atoms with Crippen molar-refractivity contribution >= 4 is 40.3 Å². The van der Waals surface area contributed by atoms with E-state index in [0.29, 0.717) is 12.5 Å². The second-order valence-corrected chi connectivity index (χ2v) is 16.0. The summed E-state index contributed by atoms with van der Waals surface area (Å²) in [5.74, 6) is 1.22. The van der Waals surface area contributed by atoms with Gasteiger partial charge in [0.1, 0.15) is 23.2 Å². The monoisotopic (exact) mass is 674 g/mol. The normalized spacial score (nSPS) is 21.7. The van der Waals surface area contributed by atoms with Crippen molar-refractivity contribution in [3.8, 4) is 17.2 Å². The number of amides is 2. The number of ether oxygens (including phenoxy) is 3. The smallest absolute Gasteiger partial charge is 0.327 e. The molecule has 5 atom stereocenters. The van der Waals surface area contributed by atoms with Gasteiger partial charge in [0, 0.05) is 26.5 Å². The first kappa shape index (κ1) is 35.6. The van der Waals surface area contributed by atoms with Crippen molar-refractivity contribution in [3.63, 3.8) is 0 Å². The van der Waals surface area contributed by atoms with E-state index in [9.17, 15) is 23.7 Å². The number of benzene rings is 2. The molecule has 0 aliphatic carbocycles. The Bertz CT molecular complexity index is 1370. The molecule has 12 heteroatoms. The Hall–Kier alpha value is -3.25. The van der Waals surface area contributed by atoms with Gasteiger partial charge < -0.3 is 29.5 Å². The predicted molar refractivity (Wildman–Crippen MR) is 180 cm³/mol. The van der Waals surface area contributed by atoms with Crippen LogP contribution in [0.3, 0.4) is 0 Å². The molecule has 0 aromatic heterocycles. The number of para-hydroxylation sites is 1. The average Bonchev–Trinajstić information content (AvgIpc) is 3.60. The molecule has 0 saturated carbocycles. The highest BCUT2D eigenvalue weighted by atomic mass is 32.2. The lowest BCUT2D eigenvalue weighted by Crippen LogP contribution is -2.70. The van der Waals surface area contributed by atoms with Gasteiger partial charge >= 0.3 is 5.97 Å². The maximum Gasteiger partial charge on any atom is 0.327 e. The molecule has 3 aliphatic heterocycles. The second kappa shape index (κ2) is 16.5. The molecule has 2 saturated heterocycles. The maximum atomic E-state index is 12.3. The minimum Gasteiger partial charge on any atom is -0.484 e. The standard InChI is InChI=1S/C18H28O3S.C16H18N2O5S/c1-3-4-5-6-7-8-11-22(19)15(2)12-16-9-10-17-18(13-16)21-14-20-17;1-16(2)12(15(21)22)18-13(20)11(14(18)24-16)17-10(19)8-23-9-6-4-3-5-7-9/h9-10,13,15H,3-8,11-12,14H2,1-2H3;3-7,11-12,14H,8H2,1-2H3,(H,17,19)(H,21,22)/t;11-,12+,14-/m.1/s1. The van der Waals surface area contributed by atoms with Crippen LogP contribution in [0, 0.1) is 0 Å². The van der Waals surface area contributed by atoms with E-state index in [1.165, 1.54) is 54.3 Å². The fourth-order valence-electron chi connectivity index (χ4n) is 5.74. The van der Waals surface area contributed by atoms with Crippen molar-refractivity contribution in [1.82, 2.24) is 10.2 Å². The van der Waals surface area contributed by atoms with E-state index in [1.54, 1.807) is 38.1 Å². The number of hydrogen-bond donors (Lipinski definition) is 2. The molecular weight excluding hydrogens is 629 g/mol. The molecule has 0 spiro atoms. The third-order valence-electron chi connectivity index (χ3n) is 8.21. The predicted octanol–water partition coefficient (Wildman–Crippen LogP) is 5.15. The number of fused-ring (bicyclic) bond motifs is 2. The third kappa shape index (κ3) is 9.18. The number of nitrogens with one attached hydrogen (secondary N) is 1. The van der Waals surface area contributed by atoms with Crippen LogP contribution >= 0.6 is 11.8 Å². The molecule has 2 amide bonds.